The lowest BCUT2D eigenvalue weighted by Gasteiger charge is -2.10. The van der Waals surface area contributed by atoms with Gasteiger partial charge in [0.1, 0.15) is 5.03 Å². The van der Waals surface area contributed by atoms with Crippen LogP contribution in [0.25, 0.3) is 0 Å². The number of carbonyl (C=O) groups excluding carboxylic acids is 2. The third-order valence-corrected chi connectivity index (χ3v) is 2.56. The Morgan fingerprint density at radius 2 is 1.86 bits per heavy atom. The highest BCUT2D eigenvalue weighted by Gasteiger charge is 2.24. The van der Waals surface area contributed by atoms with Crippen molar-refractivity contribution in [3.8, 4) is 0 Å². The van der Waals surface area contributed by atoms with Gasteiger partial charge in [0.25, 0.3) is 11.8 Å². The summed E-state index contributed by atoms with van der Waals surface area (Å²) < 4.78 is 1.07. The summed E-state index contributed by atoms with van der Waals surface area (Å²) in [4.78, 5) is 26.3. The minimum atomic E-state index is -0.314. The molecule has 70 valence electrons. The second-order valence-corrected chi connectivity index (χ2v) is 3.53. The highest BCUT2D eigenvalue weighted by Crippen LogP contribution is 2.23. The summed E-state index contributed by atoms with van der Waals surface area (Å²) in [5, 5.41) is 0.623. The van der Waals surface area contributed by atoms with Crippen LogP contribution in [0.2, 0.25) is 0 Å². The second-order valence-electron chi connectivity index (χ2n) is 2.56. The van der Waals surface area contributed by atoms with E-state index in [1.54, 1.807) is 24.4 Å². The summed E-state index contributed by atoms with van der Waals surface area (Å²) in [5.41, 5.74) is 0. The van der Waals surface area contributed by atoms with Crippen LogP contribution in [0, 0.1) is 0 Å². The molecule has 0 aromatic carbocycles. The molecule has 2 amide bonds. The first-order valence-corrected chi connectivity index (χ1v) is 4.70. The SMILES string of the molecule is O=C1C=CC(=O)N1Sc1ccccn1. The number of nitrogens with zero attached hydrogens (tertiary/aromatic N) is 2. The first-order chi connectivity index (χ1) is 6.77. The van der Waals surface area contributed by atoms with Crippen molar-refractivity contribution in [2.45, 2.75) is 5.03 Å². The van der Waals surface area contributed by atoms with Gasteiger partial charge < -0.3 is 0 Å². The first kappa shape index (κ1) is 8.96. The molecule has 0 N–H and O–H groups in total. The van der Waals surface area contributed by atoms with Crippen molar-refractivity contribution in [3.05, 3.63) is 36.5 Å². The molecular weight excluding hydrogens is 200 g/mol. The first-order valence-electron chi connectivity index (χ1n) is 3.92. The number of amides is 2. The third-order valence-electron chi connectivity index (χ3n) is 1.59. The number of carbonyl (C=O) groups is 2. The van der Waals surface area contributed by atoms with Gasteiger partial charge >= 0.3 is 0 Å². The monoisotopic (exact) mass is 206 g/mol. The predicted molar refractivity (Wildman–Crippen MR) is 51.1 cm³/mol. The van der Waals surface area contributed by atoms with Gasteiger partial charge in [0.15, 0.2) is 0 Å². The normalized spacial score (nSPS) is 15.3. The van der Waals surface area contributed by atoms with Gasteiger partial charge in [-0.25, -0.2) is 9.29 Å². The number of imide groups is 1. The molecule has 0 unspecified atom stereocenters. The van der Waals surface area contributed by atoms with Crippen LogP contribution in [-0.4, -0.2) is 21.1 Å². The van der Waals surface area contributed by atoms with Crippen molar-refractivity contribution in [2.24, 2.45) is 0 Å². The fourth-order valence-corrected chi connectivity index (χ4v) is 1.71. The standard InChI is InChI=1S/C9H6N2O2S/c12-8-4-5-9(13)11(8)14-7-3-1-2-6-10-7/h1-6H. The van der Waals surface area contributed by atoms with Crippen LogP contribution in [0.3, 0.4) is 0 Å². The maximum Gasteiger partial charge on any atom is 0.264 e. The average molecular weight is 206 g/mol. The lowest BCUT2D eigenvalue weighted by Crippen LogP contribution is -2.22. The molecule has 4 nitrogen and oxygen atoms in total. The molecule has 0 radical (unpaired) electrons. The second kappa shape index (κ2) is 3.63. The van der Waals surface area contributed by atoms with E-state index < -0.39 is 0 Å². The van der Waals surface area contributed by atoms with E-state index in [0.717, 1.165) is 16.3 Å². The van der Waals surface area contributed by atoms with Crippen molar-refractivity contribution in [2.75, 3.05) is 0 Å². The van der Waals surface area contributed by atoms with Crippen LogP contribution in [-0.2, 0) is 9.59 Å². The molecule has 1 aliphatic heterocycles. The highest BCUT2D eigenvalue weighted by atomic mass is 32.2. The van der Waals surface area contributed by atoms with Crippen LogP contribution < -0.4 is 0 Å². The Kier molecular flexibility index (Phi) is 2.32. The van der Waals surface area contributed by atoms with E-state index in [1.807, 2.05) is 0 Å². The minimum absolute atomic E-state index is 0.314. The summed E-state index contributed by atoms with van der Waals surface area (Å²) in [6.45, 7) is 0. The molecule has 1 aromatic rings. The van der Waals surface area contributed by atoms with Gasteiger partial charge in [-0.15, -0.1) is 0 Å². The molecule has 1 aliphatic rings. The lowest BCUT2D eigenvalue weighted by molar-refractivity contribution is -0.130. The molecule has 5 heteroatoms. The van der Waals surface area contributed by atoms with Crippen LogP contribution in [0.5, 0.6) is 0 Å². The van der Waals surface area contributed by atoms with Gasteiger partial charge in [0.2, 0.25) is 0 Å². The summed E-state index contributed by atoms with van der Waals surface area (Å²) >= 11 is 1.03. The largest absolute Gasteiger partial charge is 0.268 e. The Morgan fingerprint density at radius 1 is 1.14 bits per heavy atom. The molecule has 0 saturated carbocycles. The zero-order valence-corrected chi connectivity index (χ0v) is 7.90. The van der Waals surface area contributed by atoms with Crippen LogP contribution in [0.15, 0.2) is 41.6 Å². The number of hydrogen-bond acceptors (Lipinski definition) is 4. The zero-order chi connectivity index (χ0) is 9.97. The lowest BCUT2D eigenvalue weighted by atomic mass is 10.5. The molecule has 2 heterocycles. The topological polar surface area (TPSA) is 50.3 Å². The predicted octanol–water partition coefficient (Wildman–Crippen LogP) is 1.01. The van der Waals surface area contributed by atoms with Gasteiger partial charge in [0, 0.05) is 30.3 Å². The average Bonchev–Trinajstić information content (AvgIpc) is 2.51. The third kappa shape index (κ3) is 1.67. The van der Waals surface area contributed by atoms with Crippen molar-refractivity contribution >= 4 is 23.8 Å². The molecule has 0 atom stereocenters. The van der Waals surface area contributed by atoms with Crippen molar-refractivity contribution in [1.82, 2.24) is 9.29 Å². The van der Waals surface area contributed by atoms with Crippen LogP contribution in [0.4, 0.5) is 0 Å². The molecule has 0 fully saturated rings. The zero-order valence-electron chi connectivity index (χ0n) is 7.08. The molecule has 2 rings (SSSR count). The number of pyridine rings is 1. The highest BCUT2D eigenvalue weighted by molar-refractivity contribution is 7.98. The summed E-state index contributed by atoms with van der Waals surface area (Å²) in [7, 11) is 0. The quantitative estimate of drug-likeness (QED) is 0.535. The van der Waals surface area contributed by atoms with Crippen LogP contribution >= 0.6 is 11.9 Å². The number of rotatable bonds is 2. The Hall–Kier alpha value is -1.62. The van der Waals surface area contributed by atoms with E-state index in [-0.39, 0.29) is 11.8 Å². The van der Waals surface area contributed by atoms with Gasteiger partial charge in [-0.2, -0.15) is 0 Å². The van der Waals surface area contributed by atoms with Crippen molar-refractivity contribution in [1.29, 1.82) is 0 Å². The van der Waals surface area contributed by atoms with Gasteiger partial charge in [0.05, 0.1) is 0 Å². The summed E-state index contributed by atoms with van der Waals surface area (Å²) in [6.07, 6.45) is 4.11. The molecule has 0 saturated heterocycles. The van der Waals surface area contributed by atoms with Gasteiger partial charge in [-0.1, -0.05) is 6.07 Å². The fourth-order valence-electron chi connectivity index (χ4n) is 0.971. The van der Waals surface area contributed by atoms with Crippen molar-refractivity contribution < 1.29 is 9.59 Å². The van der Waals surface area contributed by atoms with E-state index in [2.05, 4.69) is 4.98 Å². The number of hydrogen-bond donors (Lipinski definition) is 0. The smallest absolute Gasteiger partial charge is 0.264 e. The van der Waals surface area contributed by atoms with Crippen LogP contribution in [0.1, 0.15) is 0 Å². The maximum atomic E-state index is 11.2. The molecule has 0 aliphatic carbocycles. The molecular formula is C9H6N2O2S. The van der Waals surface area contributed by atoms with E-state index >= 15 is 0 Å². The fraction of sp³-hybridized carbons (Fsp3) is 0. The molecule has 1 aromatic heterocycles. The minimum Gasteiger partial charge on any atom is -0.268 e. The Labute approximate surface area is 84.8 Å². The van der Waals surface area contributed by atoms with E-state index in [9.17, 15) is 9.59 Å². The Bertz CT molecular complexity index is 385. The molecule has 0 spiro atoms. The number of aromatic nitrogens is 1. The van der Waals surface area contributed by atoms with E-state index in [0.29, 0.717) is 5.03 Å². The molecule has 0 bridgehead atoms. The molecule has 14 heavy (non-hydrogen) atoms. The van der Waals surface area contributed by atoms with E-state index in [1.165, 1.54) is 12.2 Å². The Balaban J connectivity index is 2.13. The van der Waals surface area contributed by atoms with Gasteiger partial charge in [-0.05, 0) is 12.1 Å². The van der Waals surface area contributed by atoms with E-state index in [4.69, 9.17) is 0 Å². The van der Waals surface area contributed by atoms with Gasteiger partial charge in [-0.3, -0.25) is 9.59 Å². The summed E-state index contributed by atoms with van der Waals surface area (Å²) in [5.74, 6) is -0.628. The Morgan fingerprint density at radius 3 is 2.43 bits per heavy atom. The summed E-state index contributed by atoms with van der Waals surface area (Å²) in [6, 6.07) is 5.31. The van der Waals surface area contributed by atoms with Crippen molar-refractivity contribution in [3.63, 3.8) is 0 Å². The maximum absolute atomic E-state index is 11.2.